The zero-order valence-corrected chi connectivity index (χ0v) is 19.9. The standard InChI is InChI=1S/C25H32N4O2S/c1-5-20(25(30)31)19-11-14-29(15-12-19)18(4)32-22(6-2)21-8-7-9-23(27-21)28-24-16-17(3)10-13-26-24/h6-10,13,16,19-20H,4-5,11-12,14-15H2,1-3H3,(H,30,31)(H,26,27,28)/b22-6-. The first-order valence-electron chi connectivity index (χ1n) is 11.1. The lowest BCUT2D eigenvalue weighted by Gasteiger charge is -2.36. The second-order valence-electron chi connectivity index (χ2n) is 8.08. The molecule has 1 aliphatic heterocycles. The van der Waals surface area contributed by atoms with Crippen LogP contribution < -0.4 is 5.32 Å². The van der Waals surface area contributed by atoms with E-state index in [0.717, 1.165) is 58.8 Å². The topological polar surface area (TPSA) is 78.4 Å². The van der Waals surface area contributed by atoms with Gasteiger partial charge in [-0.25, -0.2) is 9.97 Å². The molecule has 2 aromatic heterocycles. The monoisotopic (exact) mass is 452 g/mol. The fourth-order valence-corrected chi connectivity index (χ4v) is 4.99. The minimum atomic E-state index is -0.671. The van der Waals surface area contributed by atoms with Crippen LogP contribution in [0, 0.1) is 18.8 Å². The summed E-state index contributed by atoms with van der Waals surface area (Å²) in [6.07, 6.45) is 6.29. The van der Waals surface area contributed by atoms with E-state index >= 15 is 0 Å². The number of hydrogen-bond acceptors (Lipinski definition) is 6. The molecule has 1 atom stereocenters. The van der Waals surface area contributed by atoms with Crippen LogP contribution in [-0.2, 0) is 4.79 Å². The maximum Gasteiger partial charge on any atom is 0.306 e. The molecule has 170 valence electrons. The van der Waals surface area contributed by atoms with Crippen molar-refractivity contribution >= 4 is 34.3 Å². The van der Waals surface area contributed by atoms with E-state index in [2.05, 4.69) is 27.9 Å². The van der Waals surface area contributed by atoms with Crippen LogP contribution in [0.25, 0.3) is 4.91 Å². The molecule has 3 heterocycles. The normalized spacial score (nSPS) is 16.0. The number of likely N-dealkylation sites (tertiary alicyclic amines) is 1. The van der Waals surface area contributed by atoms with E-state index in [1.807, 2.05) is 51.1 Å². The second-order valence-corrected chi connectivity index (χ2v) is 9.19. The quantitative estimate of drug-likeness (QED) is 0.489. The third-order valence-corrected chi connectivity index (χ3v) is 7.04. The van der Waals surface area contributed by atoms with Crippen molar-refractivity contribution in [2.45, 2.75) is 40.0 Å². The minimum Gasteiger partial charge on any atom is -0.481 e. The van der Waals surface area contributed by atoms with Gasteiger partial charge in [0.2, 0.25) is 0 Å². The number of piperidine rings is 1. The summed E-state index contributed by atoms with van der Waals surface area (Å²) in [6, 6.07) is 9.85. The third kappa shape index (κ3) is 6.13. The SMILES string of the molecule is C=C(S/C(=C\C)c1cccc(Nc2cc(C)ccn2)n1)N1CCC(C(CC)C(=O)O)CC1. The molecular weight excluding hydrogens is 420 g/mol. The number of rotatable bonds is 9. The van der Waals surface area contributed by atoms with Crippen molar-refractivity contribution in [3.05, 3.63) is 65.5 Å². The first-order valence-corrected chi connectivity index (χ1v) is 11.9. The molecule has 7 heteroatoms. The molecule has 6 nitrogen and oxygen atoms in total. The molecule has 0 radical (unpaired) electrons. The number of aliphatic carboxylic acids is 1. The number of aromatic nitrogens is 2. The summed E-state index contributed by atoms with van der Waals surface area (Å²) in [5, 5.41) is 13.7. The van der Waals surface area contributed by atoms with Crippen molar-refractivity contribution in [1.29, 1.82) is 0 Å². The zero-order chi connectivity index (χ0) is 23.1. The van der Waals surface area contributed by atoms with Gasteiger partial charge in [-0.2, -0.15) is 0 Å². The highest BCUT2D eigenvalue weighted by atomic mass is 32.2. The van der Waals surface area contributed by atoms with Crippen molar-refractivity contribution in [1.82, 2.24) is 14.9 Å². The van der Waals surface area contributed by atoms with Gasteiger partial charge in [-0.1, -0.05) is 37.4 Å². The Morgan fingerprint density at radius 1 is 1.34 bits per heavy atom. The number of thioether (sulfide) groups is 1. The van der Waals surface area contributed by atoms with Crippen molar-refractivity contribution in [3.63, 3.8) is 0 Å². The summed E-state index contributed by atoms with van der Waals surface area (Å²) in [5.74, 6) is 0.837. The molecule has 1 fully saturated rings. The summed E-state index contributed by atoms with van der Waals surface area (Å²) in [5.41, 5.74) is 2.01. The molecule has 0 bridgehead atoms. The number of hydrogen-bond donors (Lipinski definition) is 2. The molecule has 1 unspecified atom stereocenters. The van der Waals surface area contributed by atoms with Crippen LogP contribution in [0.2, 0.25) is 0 Å². The molecule has 1 saturated heterocycles. The number of allylic oxidation sites excluding steroid dienone is 1. The fourth-order valence-electron chi connectivity index (χ4n) is 4.09. The van der Waals surface area contributed by atoms with Crippen LogP contribution in [0.1, 0.15) is 44.4 Å². The Hall–Kier alpha value is -2.80. The van der Waals surface area contributed by atoms with Gasteiger partial charge in [0.15, 0.2) is 0 Å². The molecule has 1 aliphatic rings. The van der Waals surface area contributed by atoms with Crippen molar-refractivity contribution in [2.75, 3.05) is 18.4 Å². The summed E-state index contributed by atoms with van der Waals surface area (Å²) in [7, 11) is 0. The van der Waals surface area contributed by atoms with Gasteiger partial charge in [0, 0.05) is 24.2 Å². The first kappa shape index (κ1) is 23.9. The largest absolute Gasteiger partial charge is 0.481 e. The summed E-state index contributed by atoms with van der Waals surface area (Å²) < 4.78 is 0. The average molecular weight is 453 g/mol. The third-order valence-electron chi connectivity index (χ3n) is 5.88. The number of nitrogens with one attached hydrogen (secondary N) is 1. The lowest BCUT2D eigenvalue weighted by molar-refractivity contribution is -0.144. The highest BCUT2D eigenvalue weighted by molar-refractivity contribution is 8.11. The fraction of sp³-hybridized carbons (Fsp3) is 0.400. The lowest BCUT2D eigenvalue weighted by atomic mass is 9.83. The Kier molecular flexibility index (Phi) is 8.33. The molecule has 3 rings (SSSR count). The maximum absolute atomic E-state index is 11.5. The van der Waals surface area contributed by atoms with Gasteiger partial charge in [0.05, 0.1) is 16.6 Å². The predicted molar refractivity (Wildman–Crippen MR) is 133 cm³/mol. The molecule has 0 aromatic carbocycles. The van der Waals surface area contributed by atoms with Gasteiger partial charge in [-0.05, 0) is 68.9 Å². The van der Waals surface area contributed by atoms with E-state index in [1.54, 1.807) is 18.0 Å². The Morgan fingerprint density at radius 3 is 2.72 bits per heavy atom. The van der Waals surface area contributed by atoms with Crippen LogP contribution >= 0.6 is 11.8 Å². The van der Waals surface area contributed by atoms with Crippen LogP contribution in [0.3, 0.4) is 0 Å². The van der Waals surface area contributed by atoms with E-state index in [-0.39, 0.29) is 11.8 Å². The van der Waals surface area contributed by atoms with Gasteiger partial charge in [0.1, 0.15) is 11.6 Å². The first-order chi connectivity index (χ1) is 15.4. The number of carboxylic acids is 1. The number of anilines is 2. The molecule has 0 saturated carbocycles. The zero-order valence-electron chi connectivity index (χ0n) is 19.0. The van der Waals surface area contributed by atoms with Crippen LogP contribution in [-0.4, -0.2) is 39.0 Å². The molecule has 2 aromatic rings. The Morgan fingerprint density at radius 2 is 2.09 bits per heavy atom. The van der Waals surface area contributed by atoms with Crippen LogP contribution in [0.4, 0.5) is 11.6 Å². The summed E-state index contributed by atoms with van der Waals surface area (Å²) in [6.45, 7) is 12.0. The average Bonchev–Trinajstić information content (AvgIpc) is 2.78. The van der Waals surface area contributed by atoms with Crippen LogP contribution in [0.5, 0.6) is 0 Å². The number of pyridine rings is 2. The Bertz CT molecular complexity index is 983. The van der Waals surface area contributed by atoms with Gasteiger partial charge in [-0.3, -0.25) is 4.79 Å². The summed E-state index contributed by atoms with van der Waals surface area (Å²) >= 11 is 1.61. The van der Waals surface area contributed by atoms with Gasteiger partial charge in [0.25, 0.3) is 0 Å². The maximum atomic E-state index is 11.5. The van der Waals surface area contributed by atoms with Crippen molar-refractivity contribution < 1.29 is 9.90 Å². The molecule has 32 heavy (non-hydrogen) atoms. The summed E-state index contributed by atoms with van der Waals surface area (Å²) in [4.78, 5) is 23.9. The van der Waals surface area contributed by atoms with Gasteiger partial charge in [-0.15, -0.1) is 0 Å². The number of aryl methyl sites for hydroxylation is 1. The predicted octanol–water partition coefficient (Wildman–Crippen LogP) is 5.92. The smallest absolute Gasteiger partial charge is 0.306 e. The second kappa shape index (κ2) is 11.2. The highest BCUT2D eigenvalue weighted by Gasteiger charge is 2.30. The molecule has 0 spiro atoms. The minimum absolute atomic E-state index is 0.243. The van der Waals surface area contributed by atoms with Crippen molar-refractivity contribution in [2.24, 2.45) is 11.8 Å². The van der Waals surface area contributed by atoms with E-state index in [1.165, 1.54) is 0 Å². The van der Waals surface area contributed by atoms with E-state index in [9.17, 15) is 9.90 Å². The van der Waals surface area contributed by atoms with Crippen LogP contribution in [0.15, 0.2) is 54.2 Å². The lowest BCUT2D eigenvalue weighted by Crippen LogP contribution is -2.36. The Balaban J connectivity index is 1.62. The van der Waals surface area contributed by atoms with E-state index in [4.69, 9.17) is 4.98 Å². The van der Waals surface area contributed by atoms with E-state index < -0.39 is 5.97 Å². The molecule has 0 amide bonds. The number of carboxylic acid groups (broad SMARTS) is 1. The highest BCUT2D eigenvalue weighted by Crippen LogP contribution is 2.37. The van der Waals surface area contributed by atoms with Crippen molar-refractivity contribution in [3.8, 4) is 0 Å². The molecule has 2 N–H and O–H groups in total. The van der Waals surface area contributed by atoms with E-state index in [0.29, 0.717) is 6.42 Å². The number of nitrogens with zero attached hydrogens (tertiary/aromatic N) is 3. The number of carbonyl (C=O) groups is 1. The van der Waals surface area contributed by atoms with Gasteiger partial charge < -0.3 is 15.3 Å². The molecular formula is C25H32N4O2S. The van der Waals surface area contributed by atoms with Gasteiger partial charge >= 0.3 is 5.97 Å². The Labute approximate surface area is 194 Å². The molecule has 0 aliphatic carbocycles.